The monoisotopic (exact) mass is 400 g/mol. The Kier molecular flexibility index (Phi) is 5.48. The molecule has 4 aromatic rings. The number of hydrogen-bond acceptors (Lipinski definition) is 4. The number of anilines is 2. The van der Waals surface area contributed by atoms with Gasteiger partial charge in [0.15, 0.2) is 0 Å². The highest BCUT2D eigenvalue weighted by molar-refractivity contribution is 6.14. The van der Waals surface area contributed by atoms with Gasteiger partial charge in [0, 0.05) is 11.1 Å². The summed E-state index contributed by atoms with van der Waals surface area (Å²) < 4.78 is 10.9. The van der Waals surface area contributed by atoms with E-state index in [2.05, 4.69) is 10.6 Å². The summed E-state index contributed by atoms with van der Waals surface area (Å²) in [6.45, 7) is 0. The summed E-state index contributed by atoms with van der Waals surface area (Å²) in [5.41, 5.74) is 2.35. The second-order valence-electron chi connectivity index (χ2n) is 6.70. The second kappa shape index (κ2) is 8.53. The molecule has 0 spiro atoms. The minimum Gasteiger partial charge on any atom is -0.497 e. The van der Waals surface area contributed by atoms with Gasteiger partial charge in [-0.25, -0.2) is 0 Å². The van der Waals surface area contributed by atoms with Gasteiger partial charge in [-0.05, 0) is 42.0 Å². The van der Waals surface area contributed by atoms with E-state index in [0.29, 0.717) is 28.1 Å². The third kappa shape index (κ3) is 4.17. The number of carbonyl (C=O) groups is 2. The zero-order valence-corrected chi connectivity index (χ0v) is 16.3. The predicted octanol–water partition coefficient (Wildman–Crippen LogP) is 4.87. The Morgan fingerprint density at radius 2 is 1.57 bits per heavy atom. The Bertz CT molecular complexity index is 1180. The van der Waals surface area contributed by atoms with Crippen LogP contribution in [0.3, 0.4) is 0 Å². The third-order valence-corrected chi connectivity index (χ3v) is 4.62. The first-order valence-corrected chi connectivity index (χ1v) is 9.45. The van der Waals surface area contributed by atoms with Crippen molar-refractivity contribution in [3.05, 3.63) is 90.2 Å². The average molecular weight is 400 g/mol. The van der Waals surface area contributed by atoms with Crippen molar-refractivity contribution in [3.63, 3.8) is 0 Å². The summed E-state index contributed by atoms with van der Waals surface area (Å²) in [7, 11) is 1.58. The Morgan fingerprint density at radius 1 is 0.867 bits per heavy atom. The third-order valence-electron chi connectivity index (χ3n) is 4.62. The first-order valence-electron chi connectivity index (χ1n) is 9.45. The van der Waals surface area contributed by atoms with Crippen LogP contribution >= 0.6 is 0 Å². The summed E-state index contributed by atoms with van der Waals surface area (Å²) in [6.07, 6.45) is 0.194. The predicted molar refractivity (Wildman–Crippen MR) is 116 cm³/mol. The molecule has 150 valence electrons. The number of nitrogens with one attached hydrogen (secondary N) is 2. The molecule has 0 fully saturated rings. The van der Waals surface area contributed by atoms with E-state index in [4.69, 9.17) is 9.15 Å². The van der Waals surface area contributed by atoms with Crippen molar-refractivity contribution in [2.75, 3.05) is 17.7 Å². The van der Waals surface area contributed by atoms with E-state index in [1.807, 2.05) is 42.5 Å². The van der Waals surface area contributed by atoms with Crippen molar-refractivity contribution >= 4 is 34.2 Å². The van der Waals surface area contributed by atoms with Crippen molar-refractivity contribution in [3.8, 4) is 5.75 Å². The summed E-state index contributed by atoms with van der Waals surface area (Å²) in [5.74, 6) is 0.0525. The van der Waals surface area contributed by atoms with Gasteiger partial charge in [-0.1, -0.05) is 42.5 Å². The number of hydrogen-bond donors (Lipinski definition) is 2. The number of para-hydroxylation sites is 1. The Labute approximate surface area is 173 Å². The molecule has 0 radical (unpaired) electrons. The molecule has 0 unspecified atom stereocenters. The van der Waals surface area contributed by atoms with Crippen LogP contribution in [0.4, 0.5) is 11.4 Å². The van der Waals surface area contributed by atoms with Crippen molar-refractivity contribution < 1.29 is 18.7 Å². The maximum atomic E-state index is 12.9. The number of benzene rings is 3. The second-order valence-corrected chi connectivity index (χ2v) is 6.70. The Morgan fingerprint density at radius 3 is 2.30 bits per heavy atom. The molecule has 0 aliphatic rings. The molecule has 0 bridgehead atoms. The lowest BCUT2D eigenvalue weighted by atomic mass is 10.1. The lowest BCUT2D eigenvalue weighted by Gasteiger charge is -2.08. The fourth-order valence-corrected chi connectivity index (χ4v) is 3.16. The fraction of sp³-hybridized carbons (Fsp3) is 0.0833. The number of methoxy groups -OCH3 is 1. The van der Waals surface area contributed by atoms with Gasteiger partial charge in [0.05, 0.1) is 13.5 Å². The summed E-state index contributed by atoms with van der Waals surface area (Å²) in [6, 6.07) is 23.6. The Balaban J connectivity index is 1.60. The van der Waals surface area contributed by atoms with Crippen molar-refractivity contribution in [1.82, 2.24) is 0 Å². The van der Waals surface area contributed by atoms with Gasteiger partial charge in [-0.15, -0.1) is 0 Å². The lowest BCUT2D eigenvalue weighted by Crippen LogP contribution is -2.18. The molecule has 6 heteroatoms. The summed E-state index contributed by atoms with van der Waals surface area (Å²) >= 11 is 0. The van der Waals surface area contributed by atoms with Gasteiger partial charge < -0.3 is 19.8 Å². The molecule has 0 aliphatic heterocycles. The number of carbonyl (C=O) groups excluding carboxylic acids is 2. The van der Waals surface area contributed by atoms with Crippen LogP contribution in [-0.2, 0) is 11.2 Å². The molecule has 0 atom stereocenters. The van der Waals surface area contributed by atoms with Gasteiger partial charge >= 0.3 is 0 Å². The zero-order chi connectivity index (χ0) is 20.9. The van der Waals surface area contributed by atoms with E-state index in [0.717, 1.165) is 5.56 Å². The quantitative estimate of drug-likeness (QED) is 0.484. The van der Waals surface area contributed by atoms with Gasteiger partial charge in [0.2, 0.25) is 11.7 Å². The molecule has 2 amide bonds. The van der Waals surface area contributed by atoms with E-state index in [1.54, 1.807) is 43.5 Å². The molecule has 0 saturated carbocycles. The highest BCUT2D eigenvalue weighted by Crippen LogP contribution is 2.31. The van der Waals surface area contributed by atoms with Gasteiger partial charge in [-0.3, -0.25) is 9.59 Å². The van der Waals surface area contributed by atoms with Crippen LogP contribution in [0.1, 0.15) is 16.1 Å². The maximum Gasteiger partial charge on any atom is 0.293 e. The smallest absolute Gasteiger partial charge is 0.293 e. The lowest BCUT2D eigenvalue weighted by molar-refractivity contribution is -0.115. The summed E-state index contributed by atoms with van der Waals surface area (Å²) in [5, 5.41) is 6.31. The molecule has 1 heterocycles. The highest BCUT2D eigenvalue weighted by atomic mass is 16.5. The molecule has 2 N–H and O–H groups in total. The Hall–Kier alpha value is -4.06. The van der Waals surface area contributed by atoms with Crippen LogP contribution in [0.25, 0.3) is 11.0 Å². The molecule has 3 aromatic carbocycles. The average Bonchev–Trinajstić information content (AvgIpc) is 3.13. The van der Waals surface area contributed by atoms with Gasteiger partial charge in [0.25, 0.3) is 5.91 Å². The largest absolute Gasteiger partial charge is 0.497 e. The molecule has 6 nitrogen and oxygen atoms in total. The molecule has 0 saturated heterocycles. The zero-order valence-electron chi connectivity index (χ0n) is 16.3. The van der Waals surface area contributed by atoms with Crippen molar-refractivity contribution in [1.29, 1.82) is 0 Å². The fourth-order valence-electron chi connectivity index (χ4n) is 3.16. The van der Waals surface area contributed by atoms with Gasteiger partial charge in [0.1, 0.15) is 17.0 Å². The van der Waals surface area contributed by atoms with Crippen LogP contribution in [0, 0.1) is 0 Å². The topological polar surface area (TPSA) is 80.6 Å². The normalized spacial score (nSPS) is 10.6. The van der Waals surface area contributed by atoms with E-state index in [9.17, 15) is 9.59 Å². The van der Waals surface area contributed by atoms with E-state index in [-0.39, 0.29) is 18.1 Å². The number of fused-ring (bicyclic) bond motifs is 1. The van der Waals surface area contributed by atoms with Gasteiger partial charge in [-0.2, -0.15) is 0 Å². The first kappa shape index (κ1) is 19.3. The first-order chi connectivity index (χ1) is 14.6. The van der Waals surface area contributed by atoms with Crippen molar-refractivity contribution in [2.24, 2.45) is 0 Å². The van der Waals surface area contributed by atoms with E-state index >= 15 is 0 Å². The number of rotatable bonds is 6. The molecule has 1 aromatic heterocycles. The van der Waals surface area contributed by atoms with Crippen LogP contribution in [0.2, 0.25) is 0 Å². The van der Waals surface area contributed by atoms with E-state index in [1.165, 1.54) is 0 Å². The maximum absolute atomic E-state index is 12.9. The van der Waals surface area contributed by atoms with Crippen LogP contribution in [-0.4, -0.2) is 18.9 Å². The number of furan rings is 1. The van der Waals surface area contributed by atoms with Crippen LogP contribution in [0.5, 0.6) is 5.75 Å². The summed E-state index contributed by atoms with van der Waals surface area (Å²) in [4.78, 5) is 25.5. The highest BCUT2D eigenvalue weighted by Gasteiger charge is 2.22. The van der Waals surface area contributed by atoms with Crippen LogP contribution in [0.15, 0.2) is 83.3 Å². The minimum absolute atomic E-state index is 0.0495. The minimum atomic E-state index is -0.452. The standard InChI is InChI=1S/C24H20N2O4/c1-29-18-13-11-17(12-14-18)25-24(28)23-22(19-9-5-6-10-20(19)30-23)26-21(27)15-16-7-3-2-4-8-16/h2-14H,15H2,1H3,(H,25,28)(H,26,27). The van der Waals surface area contributed by atoms with Crippen molar-refractivity contribution in [2.45, 2.75) is 6.42 Å². The molecule has 30 heavy (non-hydrogen) atoms. The SMILES string of the molecule is COc1ccc(NC(=O)c2oc3ccccc3c2NC(=O)Cc2ccccc2)cc1. The van der Waals surface area contributed by atoms with Crippen LogP contribution < -0.4 is 15.4 Å². The molecule has 4 rings (SSSR count). The van der Waals surface area contributed by atoms with E-state index < -0.39 is 5.91 Å². The number of ether oxygens (including phenoxy) is 1. The molecular weight excluding hydrogens is 380 g/mol. The molecule has 0 aliphatic carbocycles. The molecular formula is C24H20N2O4. The number of amides is 2.